The number of rotatable bonds is 6. The number of carbonyl (C=O) groups excluding carboxylic acids is 1. The Labute approximate surface area is 112 Å². The number of benzene rings is 1. The van der Waals surface area contributed by atoms with Crippen molar-refractivity contribution in [3.05, 3.63) is 17.7 Å². The molecule has 2 rings (SSSR count). The first kappa shape index (κ1) is 13.7. The van der Waals surface area contributed by atoms with Crippen LogP contribution in [0.3, 0.4) is 0 Å². The van der Waals surface area contributed by atoms with E-state index in [0.717, 1.165) is 12.8 Å². The third-order valence-corrected chi connectivity index (χ3v) is 3.68. The second-order valence-corrected chi connectivity index (χ2v) is 4.72. The van der Waals surface area contributed by atoms with Crippen LogP contribution >= 0.6 is 0 Å². The van der Waals surface area contributed by atoms with Crippen LogP contribution in [0.4, 0.5) is 0 Å². The summed E-state index contributed by atoms with van der Waals surface area (Å²) in [7, 11) is 4.61. The second kappa shape index (κ2) is 5.09. The van der Waals surface area contributed by atoms with Crippen LogP contribution in [-0.2, 0) is 0 Å². The Morgan fingerprint density at radius 1 is 1.11 bits per heavy atom. The van der Waals surface area contributed by atoms with Crippen molar-refractivity contribution in [1.82, 2.24) is 0 Å². The number of Topliss-reactive ketones (excluding diaryl/α,β-unsaturated/α-hetero) is 1. The zero-order valence-corrected chi connectivity index (χ0v) is 11.5. The lowest BCUT2D eigenvalue weighted by molar-refractivity contribution is 0.0902. The number of carbonyl (C=O) groups is 1. The highest BCUT2D eigenvalue weighted by molar-refractivity contribution is 6.05. The second-order valence-electron chi connectivity index (χ2n) is 4.72. The van der Waals surface area contributed by atoms with Crippen molar-refractivity contribution in [2.45, 2.75) is 12.8 Å². The van der Waals surface area contributed by atoms with E-state index in [0.29, 0.717) is 29.4 Å². The van der Waals surface area contributed by atoms with Crippen LogP contribution in [0.2, 0.25) is 0 Å². The predicted octanol–water partition coefficient (Wildman–Crippen LogP) is 1.63. The Kier molecular flexibility index (Phi) is 3.66. The molecule has 1 aromatic carbocycles. The summed E-state index contributed by atoms with van der Waals surface area (Å²) in [6.07, 6.45) is 1.67. The normalized spacial score (nSPS) is 15.8. The fraction of sp³-hybridized carbons (Fsp3) is 0.500. The number of ether oxygens (including phenoxy) is 3. The van der Waals surface area contributed by atoms with Crippen LogP contribution in [0.1, 0.15) is 23.2 Å². The Balaban J connectivity index is 2.47. The fourth-order valence-electron chi connectivity index (χ4n) is 2.17. The van der Waals surface area contributed by atoms with Crippen LogP contribution in [0.15, 0.2) is 12.1 Å². The van der Waals surface area contributed by atoms with E-state index in [9.17, 15) is 4.79 Å². The summed E-state index contributed by atoms with van der Waals surface area (Å²) in [6.45, 7) is 0.364. The number of hydrogen-bond acceptors (Lipinski definition) is 5. The molecular weight excluding hydrogens is 246 g/mol. The summed E-state index contributed by atoms with van der Waals surface area (Å²) < 4.78 is 15.7. The maximum Gasteiger partial charge on any atom is 0.174 e. The van der Waals surface area contributed by atoms with Crippen LogP contribution in [-0.4, -0.2) is 33.7 Å². The van der Waals surface area contributed by atoms with Crippen LogP contribution in [0.25, 0.3) is 0 Å². The molecule has 1 aromatic rings. The Morgan fingerprint density at radius 3 is 2.05 bits per heavy atom. The molecule has 19 heavy (non-hydrogen) atoms. The minimum atomic E-state index is -0.410. The van der Waals surface area contributed by atoms with Crippen molar-refractivity contribution < 1.29 is 19.0 Å². The van der Waals surface area contributed by atoms with E-state index < -0.39 is 5.41 Å². The standard InChI is InChI=1S/C14H19NO4/c1-17-10-7-12(19-3)11(18-2)6-9(10)13(16)14(8-15)4-5-14/h6-7H,4-5,8,15H2,1-3H3. The summed E-state index contributed by atoms with van der Waals surface area (Å²) >= 11 is 0. The number of hydrogen-bond donors (Lipinski definition) is 1. The van der Waals surface area contributed by atoms with Gasteiger partial charge in [0.1, 0.15) is 5.75 Å². The molecule has 1 saturated carbocycles. The lowest BCUT2D eigenvalue weighted by atomic mass is 9.94. The predicted molar refractivity (Wildman–Crippen MR) is 71.1 cm³/mol. The molecule has 0 spiro atoms. The number of methoxy groups -OCH3 is 3. The summed E-state index contributed by atoms with van der Waals surface area (Å²) in [4.78, 5) is 12.6. The van der Waals surface area contributed by atoms with Crippen molar-refractivity contribution in [3.8, 4) is 17.2 Å². The van der Waals surface area contributed by atoms with Gasteiger partial charge in [0.25, 0.3) is 0 Å². The highest BCUT2D eigenvalue weighted by atomic mass is 16.5. The zero-order chi connectivity index (χ0) is 14.0. The molecule has 1 aliphatic carbocycles. The maximum absolute atomic E-state index is 12.6. The van der Waals surface area contributed by atoms with Gasteiger partial charge < -0.3 is 19.9 Å². The van der Waals surface area contributed by atoms with Gasteiger partial charge >= 0.3 is 0 Å². The quantitative estimate of drug-likeness (QED) is 0.792. The van der Waals surface area contributed by atoms with E-state index >= 15 is 0 Å². The molecule has 0 aromatic heterocycles. The zero-order valence-electron chi connectivity index (χ0n) is 11.5. The molecule has 0 atom stereocenters. The van der Waals surface area contributed by atoms with E-state index in [-0.39, 0.29) is 5.78 Å². The lowest BCUT2D eigenvalue weighted by Crippen LogP contribution is -2.25. The molecular formula is C14H19NO4. The molecule has 0 aliphatic heterocycles. The molecule has 0 bridgehead atoms. The van der Waals surface area contributed by atoms with Crippen molar-refractivity contribution >= 4 is 5.78 Å². The van der Waals surface area contributed by atoms with Gasteiger partial charge in [0, 0.05) is 18.0 Å². The largest absolute Gasteiger partial charge is 0.496 e. The number of ketones is 1. The molecule has 5 heteroatoms. The van der Waals surface area contributed by atoms with Gasteiger partial charge in [-0.3, -0.25) is 4.79 Å². The van der Waals surface area contributed by atoms with Gasteiger partial charge in [0.15, 0.2) is 17.3 Å². The van der Waals surface area contributed by atoms with Crippen molar-refractivity contribution in [3.63, 3.8) is 0 Å². The Bertz CT molecular complexity index is 494. The van der Waals surface area contributed by atoms with Gasteiger partial charge in [-0.05, 0) is 18.9 Å². The van der Waals surface area contributed by atoms with E-state index in [1.807, 2.05) is 0 Å². The number of nitrogens with two attached hydrogens (primary N) is 1. The third kappa shape index (κ3) is 2.26. The summed E-state index contributed by atoms with van der Waals surface area (Å²) in [5.74, 6) is 1.56. The van der Waals surface area contributed by atoms with Gasteiger partial charge in [-0.2, -0.15) is 0 Å². The summed E-state index contributed by atoms with van der Waals surface area (Å²) in [6, 6.07) is 3.33. The van der Waals surface area contributed by atoms with E-state index in [2.05, 4.69) is 0 Å². The molecule has 0 radical (unpaired) electrons. The van der Waals surface area contributed by atoms with Crippen molar-refractivity contribution in [2.24, 2.45) is 11.1 Å². The van der Waals surface area contributed by atoms with Gasteiger partial charge in [-0.1, -0.05) is 0 Å². The first-order valence-electron chi connectivity index (χ1n) is 6.16. The minimum Gasteiger partial charge on any atom is -0.496 e. The highest BCUT2D eigenvalue weighted by Crippen LogP contribution is 2.49. The first-order valence-corrected chi connectivity index (χ1v) is 6.16. The monoisotopic (exact) mass is 265 g/mol. The topological polar surface area (TPSA) is 70.8 Å². The van der Waals surface area contributed by atoms with E-state index in [4.69, 9.17) is 19.9 Å². The van der Waals surface area contributed by atoms with Crippen molar-refractivity contribution in [2.75, 3.05) is 27.9 Å². The average molecular weight is 265 g/mol. The summed E-state index contributed by atoms with van der Waals surface area (Å²) in [5.41, 5.74) is 5.80. The molecule has 1 aliphatic rings. The molecule has 104 valence electrons. The lowest BCUT2D eigenvalue weighted by Gasteiger charge is -2.16. The molecule has 2 N–H and O–H groups in total. The Hall–Kier alpha value is -1.75. The van der Waals surface area contributed by atoms with Crippen LogP contribution < -0.4 is 19.9 Å². The molecule has 0 amide bonds. The smallest absolute Gasteiger partial charge is 0.174 e. The highest BCUT2D eigenvalue weighted by Gasteiger charge is 2.49. The SMILES string of the molecule is COc1cc(OC)c(C(=O)C2(CN)CC2)cc1OC. The molecule has 0 heterocycles. The van der Waals surface area contributed by atoms with E-state index in [1.54, 1.807) is 19.2 Å². The van der Waals surface area contributed by atoms with Crippen LogP contribution in [0, 0.1) is 5.41 Å². The van der Waals surface area contributed by atoms with Gasteiger partial charge in [0.2, 0.25) is 0 Å². The van der Waals surface area contributed by atoms with Crippen LogP contribution in [0.5, 0.6) is 17.2 Å². The van der Waals surface area contributed by atoms with E-state index in [1.165, 1.54) is 14.2 Å². The van der Waals surface area contributed by atoms with Gasteiger partial charge in [-0.25, -0.2) is 0 Å². The van der Waals surface area contributed by atoms with Gasteiger partial charge in [0.05, 0.1) is 26.9 Å². The Morgan fingerprint density at radius 2 is 1.63 bits per heavy atom. The third-order valence-electron chi connectivity index (χ3n) is 3.68. The van der Waals surface area contributed by atoms with Gasteiger partial charge in [-0.15, -0.1) is 0 Å². The minimum absolute atomic E-state index is 0.0211. The maximum atomic E-state index is 12.6. The van der Waals surface area contributed by atoms with Crippen molar-refractivity contribution in [1.29, 1.82) is 0 Å². The summed E-state index contributed by atoms with van der Waals surface area (Å²) in [5, 5.41) is 0. The average Bonchev–Trinajstić information content (AvgIpc) is 3.26. The molecule has 1 fully saturated rings. The fourth-order valence-corrected chi connectivity index (χ4v) is 2.17. The molecule has 5 nitrogen and oxygen atoms in total. The molecule has 0 saturated heterocycles. The molecule has 0 unspecified atom stereocenters. The first-order chi connectivity index (χ1) is 9.11.